The molecule has 0 bridgehead atoms. The number of hydrogen-bond donors (Lipinski definition) is 1. The van der Waals surface area contributed by atoms with Gasteiger partial charge in [0.2, 0.25) is 0 Å². The molecule has 4 rings (SSSR count). The van der Waals surface area contributed by atoms with Crippen LogP contribution < -0.4 is 0 Å². The number of aliphatic hydroxyl groups is 1. The second-order valence-electron chi connectivity index (χ2n) is 6.61. The average molecular weight is 300 g/mol. The van der Waals surface area contributed by atoms with Gasteiger partial charge in [-0.05, 0) is 28.7 Å². The van der Waals surface area contributed by atoms with Crippen LogP contribution in [0, 0.1) is 0 Å². The molecule has 1 N–H and O–H groups in total. The van der Waals surface area contributed by atoms with E-state index in [1.54, 1.807) is 0 Å². The van der Waals surface area contributed by atoms with Crippen LogP contribution in [0.5, 0.6) is 0 Å². The molecule has 0 radical (unpaired) electrons. The van der Waals surface area contributed by atoms with Crippen LogP contribution in [0.3, 0.4) is 0 Å². The third-order valence-corrected chi connectivity index (χ3v) is 5.35. The Hall–Kier alpha value is -2.38. The fourth-order valence-corrected chi connectivity index (χ4v) is 4.10. The predicted molar refractivity (Wildman–Crippen MR) is 93.4 cm³/mol. The molecule has 2 unspecified atom stereocenters. The zero-order valence-electron chi connectivity index (χ0n) is 13.2. The van der Waals surface area contributed by atoms with Gasteiger partial charge in [-0.1, -0.05) is 91.9 Å². The number of hydrogen-bond acceptors (Lipinski definition) is 1. The van der Waals surface area contributed by atoms with E-state index >= 15 is 0 Å². The molecule has 0 heterocycles. The van der Waals surface area contributed by atoms with E-state index in [-0.39, 0.29) is 5.41 Å². The van der Waals surface area contributed by atoms with Crippen LogP contribution in [0.25, 0.3) is 0 Å². The summed E-state index contributed by atoms with van der Waals surface area (Å²) in [6.45, 7) is 2.18. The smallest absolute Gasteiger partial charge is 0.125 e. The van der Waals surface area contributed by atoms with Crippen LogP contribution in [0.2, 0.25) is 0 Å². The van der Waals surface area contributed by atoms with Crippen LogP contribution in [0.15, 0.2) is 84.9 Å². The minimum absolute atomic E-state index is 0.390. The van der Waals surface area contributed by atoms with E-state index in [4.69, 9.17) is 0 Å². The molecule has 0 spiro atoms. The lowest BCUT2D eigenvalue weighted by Gasteiger charge is -2.41. The largest absolute Gasteiger partial charge is 0.379 e. The second-order valence-corrected chi connectivity index (χ2v) is 6.61. The second kappa shape index (κ2) is 5.07. The number of benzene rings is 3. The summed E-state index contributed by atoms with van der Waals surface area (Å²) in [6.07, 6.45) is 0.832. The average Bonchev–Trinajstić information content (AvgIpc) is 2.86. The summed E-state index contributed by atoms with van der Waals surface area (Å²) in [5, 5.41) is 12.0. The van der Waals surface area contributed by atoms with Crippen molar-refractivity contribution >= 4 is 0 Å². The molecular formula is C22H20O. The normalized spacial score (nSPS) is 26.0. The topological polar surface area (TPSA) is 20.2 Å². The molecule has 0 aliphatic heterocycles. The van der Waals surface area contributed by atoms with Gasteiger partial charge in [0, 0.05) is 5.41 Å². The first-order valence-electron chi connectivity index (χ1n) is 8.08. The van der Waals surface area contributed by atoms with Crippen LogP contribution in [0.4, 0.5) is 0 Å². The van der Waals surface area contributed by atoms with Crippen molar-refractivity contribution in [2.45, 2.75) is 24.4 Å². The van der Waals surface area contributed by atoms with E-state index in [1.165, 1.54) is 11.1 Å². The Morgan fingerprint density at radius 1 is 0.696 bits per heavy atom. The summed E-state index contributed by atoms with van der Waals surface area (Å²) in [6, 6.07) is 28.7. The minimum atomic E-state index is -1.02. The van der Waals surface area contributed by atoms with E-state index < -0.39 is 5.60 Å². The maximum Gasteiger partial charge on any atom is 0.125 e. The summed E-state index contributed by atoms with van der Waals surface area (Å²) >= 11 is 0. The van der Waals surface area contributed by atoms with Gasteiger partial charge in [-0.2, -0.15) is 0 Å². The van der Waals surface area contributed by atoms with Crippen molar-refractivity contribution in [1.29, 1.82) is 0 Å². The Morgan fingerprint density at radius 3 is 1.87 bits per heavy atom. The lowest BCUT2D eigenvalue weighted by atomic mass is 9.66. The molecule has 3 aromatic carbocycles. The first-order chi connectivity index (χ1) is 11.2. The molecule has 1 nitrogen and oxygen atoms in total. The Morgan fingerprint density at radius 2 is 1.22 bits per heavy atom. The molecule has 1 heteroatoms. The van der Waals surface area contributed by atoms with Crippen molar-refractivity contribution in [2.24, 2.45) is 0 Å². The number of rotatable bonds is 2. The molecule has 23 heavy (non-hydrogen) atoms. The van der Waals surface area contributed by atoms with Gasteiger partial charge < -0.3 is 5.11 Å². The van der Waals surface area contributed by atoms with E-state index in [9.17, 15) is 5.11 Å². The highest BCUT2D eigenvalue weighted by molar-refractivity contribution is 5.54. The van der Waals surface area contributed by atoms with Gasteiger partial charge in [-0.3, -0.25) is 0 Å². The predicted octanol–water partition coefficient (Wildman–Crippen LogP) is 4.44. The van der Waals surface area contributed by atoms with Gasteiger partial charge in [0.1, 0.15) is 5.60 Å². The highest BCUT2D eigenvalue weighted by Crippen LogP contribution is 2.54. The summed E-state index contributed by atoms with van der Waals surface area (Å²) in [5.41, 5.74) is 2.97. The Kier molecular flexibility index (Phi) is 3.14. The zero-order valence-corrected chi connectivity index (χ0v) is 13.2. The molecule has 114 valence electrons. The fourth-order valence-electron chi connectivity index (χ4n) is 4.10. The Labute approximate surface area is 137 Å². The van der Waals surface area contributed by atoms with Crippen molar-refractivity contribution < 1.29 is 5.11 Å². The minimum Gasteiger partial charge on any atom is -0.379 e. The first-order valence-corrected chi connectivity index (χ1v) is 8.08. The molecule has 0 amide bonds. The van der Waals surface area contributed by atoms with E-state index in [0.717, 1.165) is 17.5 Å². The Bertz CT molecular complexity index is 825. The molecule has 0 saturated carbocycles. The Balaban J connectivity index is 2.01. The van der Waals surface area contributed by atoms with Crippen molar-refractivity contribution in [3.05, 3.63) is 107 Å². The highest BCUT2D eigenvalue weighted by Gasteiger charge is 2.55. The first kappa shape index (κ1) is 14.2. The monoisotopic (exact) mass is 300 g/mol. The van der Waals surface area contributed by atoms with Crippen molar-refractivity contribution in [2.75, 3.05) is 0 Å². The summed E-state index contributed by atoms with van der Waals surface area (Å²) in [7, 11) is 0. The maximum atomic E-state index is 12.0. The quantitative estimate of drug-likeness (QED) is 0.742. The molecule has 3 aromatic rings. The zero-order chi connectivity index (χ0) is 15.9. The highest BCUT2D eigenvalue weighted by atomic mass is 16.3. The van der Waals surface area contributed by atoms with Gasteiger partial charge in [0.15, 0.2) is 0 Å². The van der Waals surface area contributed by atoms with Crippen molar-refractivity contribution in [1.82, 2.24) is 0 Å². The maximum absolute atomic E-state index is 12.0. The molecule has 1 aliphatic rings. The van der Waals surface area contributed by atoms with Gasteiger partial charge in [-0.25, -0.2) is 0 Å². The molecule has 0 fully saturated rings. The molecule has 0 saturated heterocycles. The summed E-state index contributed by atoms with van der Waals surface area (Å²) in [4.78, 5) is 0. The van der Waals surface area contributed by atoms with Crippen LogP contribution in [-0.4, -0.2) is 5.11 Å². The SMILES string of the molecule is CC1(c2ccccc2)Cc2ccccc2C1(O)c1ccccc1. The molecular weight excluding hydrogens is 280 g/mol. The molecule has 1 aliphatic carbocycles. The van der Waals surface area contributed by atoms with Crippen molar-refractivity contribution in [3.8, 4) is 0 Å². The van der Waals surface area contributed by atoms with Gasteiger partial charge >= 0.3 is 0 Å². The lowest BCUT2D eigenvalue weighted by molar-refractivity contribution is 0.0140. The fraction of sp³-hybridized carbons (Fsp3) is 0.182. The third-order valence-electron chi connectivity index (χ3n) is 5.35. The van der Waals surface area contributed by atoms with E-state index in [1.807, 2.05) is 42.5 Å². The van der Waals surface area contributed by atoms with Gasteiger partial charge in [0.25, 0.3) is 0 Å². The standard InChI is InChI=1S/C22H20O/c1-21(18-11-4-2-5-12-18)16-17-10-8-9-15-20(17)22(21,23)19-13-6-3-7-14-19/h2-15,23H,16H2,1H3. The molecule has 2 atom stereocenters. The van der Waals surface area contributed by atoms with Crippen LogP contribution in [-0.2, 0) is 17.4 Å². The third kappa shape index (κ3) is 1.90. The molecule has 0 aromatic heterocycles. The summed E-state index contributed by atoms with van der Waals surface area (Å²) in [5.74, 6) is 0. The van der Waals surface area contributed by atoms with E-state index in [2.05, 4.69) is 49.4 Å². The lowest BCUT2D eigenvalue weighted by Crippen LogP contribution is -2.45. The van der Waals surface area contributed by atoms with Gasteiger partial charge in [0.05, 0.1) is 0 Å². The van der Waals surface area contributed by atoms with Crippen molar-refractivity contribution in [3.63, 3.8) is 0 Å². The number of fused-ring (bicyclic) bond motifs is 1. The van der Waals surface area contributed by atoms with Crippen LogP contribution >= 0.6 is 0 Å². The van der Waals surface area contributed by atoms with Gasteiger partial charge in [-0.15, -0.1) is 0 Å². The van der Waals surface area contributed by atoms with Crippen LogP contribution in [0.1, 0.15) is 29.2 Å². The summed E-state index contributed by atoms with van der Waals surface area (Å²) < 4.78 is 0. The van der Waals surface area contributed by atoms with E-state index in [0.29, 0.717) is 0 Å².